The van der Waals surface area contributed by atoms with Crippen molar-refractivity contribution in [2.45, 2.75) is 105 Å². The number of carbonyl (C=O) groups is 2. The Hall–Kier alpha value is -4.32. The number of aromatic nitrogens is 4. The molecule has 1 unspecified atom stereocenters. The Morgan fingerprint density at radius 2 is 1.58 bits per heavy atom. The molecule has 3 heterocycles. The van der Waals surface area contributed by atoms with Crippen molar-refractivity contribution in [2.75, 3.05) is 25.5 Å². The maximum atomic E-state index is 12.6. The Balaban J connectivity index is 0.000000277. The van der Waals surface area contributed by atoms with Crippen molar-refractivity contribution in [1.82, 2.24) is 29.7 Å². The Bertz CT molecular complexity index is 1710. The number of hydrogen-bond donors (Lipinski definition) is 2. The van der Waals surface area contributed by atoms with E-state index in [1.54, 1.807) is 29.2 Å². The third-order valence-electron chi connectivity index (χ3n) is 8.08. The summed E-state index contributed by atoms with van der Waals surface area (Å²) in [6.07, 6.45) is 7.44. The molecule has 0 saturated carbocycles. The highest BCUT2D eigenvalue weighted by atomic mass is 32.1. The highest BCUT2D eigenvalue weighted by Crippen LogP contribution is 2.33. The van der Waals surface area contributed by atoms with Crippen LogP contribution in [0, 0.1) is 13.8 Å². The average Bonchev–Trinajstić information content (AvgIpc) is 3.71. The van der Waals surface area contributed by atoms with E-state index in [0.29, 0.717) is 19.0 Å². The van der Waals surface area contributed by atoms with Crippen molar-refractivity contribution in [3.05, 3.63) is 71.9 Å². The summed E-state index contributed by atoms with van der Waals surface area (Å²) in [5.74, 6) is 1.39. The number of carbonyl (C=O) groups excluding carboxylic acids is 2. The molecule has 50 heavy (non-hydrogen) atoms. The Morgan fingerprint density at radius 1 is 0.940 bits per heavy atom. The van der Waals surface area contributed by atoms with Crippen LogP contribution < -0.4 is 5.32 Å². The van der Waals surface area contributed by atoms with Crippen molar-refractivity contribution < 1.29 is 19.1 Å². The van der Waals surface area contributed by atoms with Crippen molar-refractivity contribution in [2.24, 2.45) is 0 Å². The number of nitrogens with one attached hydrogen (secondary N) is 2. The molecule has 2 N–H and O–H groups in total. The van der Waals surface area contributed by atoms with Crippen LogP contribution >= 0.6 is 13.5 Å². The number of nitrogens with zero attached hydrogens (tertiary/aromatic N) is 5. The summed E-state index contributed by atoms with van der Waals surface area (Å²) in [5.41, 5.74) is 3.34. The minimum absolute atomic E-state index is 0. The van der Waals surface area contributed by atoms with Crippen LogP contribution in [0.2, 0.25) is 0 Å². The number of imidazole rings is 1. The van der Waals surface area contributed by atoms with E-state index in [-0.39, 0.29) is 37.8 Å². The van der Waals surface area contributed by atoms with Gasteiger partial charge in [-0.15, -0.1) is 0 Å². The topological polar surface area (TPSA) is 126 Å². The second kappa shape index (κ2) is 17.1. The monoisotopic (exact) mass is 705 g/mol. The molecule has 2 aromatic carbocycles. The summed E-state index contributed by atoms with van der Waals surface area (Å²) >= 11 is 0. The molecule has 2 amide bonds. The molecular formula is C38H55N7O4S. The minimum atomic E-state index is -0.498. The number of fused-ring (bicyclic) bond motifs is 1. The SMILES string of the molecule is CCC(CNc1ncc(C)cn1)N(C)C(=O)OC(C)(C)C.Cc1ccc2cc(-c3cnc([C@@H]4CCCN4C(=O)OC(C)(C)C)[nH]3)ccc2c1.S. The van der Waals surface area contributed by atoms with E-state index < -0.39 is 11.2 Å². The highest BCUT2D eigenvalue weighted by Gasteiger charge is 2.35. The first-order chi connectivity index (χ1) is 23.0. The molecule has 1 aliphatic heterocycles. The van der Waals surface area contributed by atoms with E-state index in [0.717, 1.165) is 41.9 Å². The largest absolute Gasteiger partial charge is 0.444 e. The zero-order valence-corrected chi connectivity index (χ0v) is 32.3. The molecule has 2 atom stereocenters. The van der Waals surface area contributed by atoms with E-state index in [9.17, 15) is 9.59 Å². The first-order valence-electron chi connectivity index (χ1n) is 17.1. The molecule has 0 radical (unpaired) electrons. The Morgan fingerprint density at radius 3 is 2.22 bits per heavy atom. The predicted molar refractivity (Wildman–Crippen MR) is 205 cm³/mol. The van der Waals surface area contributed by atoms with Crippen LogP contribution in [0.5, 0.6) is 0 Å². The fourth-order valence-electron chi connectivity index (χ4n) is 5.51. The summed E-state index contributed by atoms with van der Waals surface area (Å²) in [4.78, 5) is 44.4. The number of amides is 2. The lowest BCUT2D eigenvalue weighted by Gasteiger charge is -2.30. The van der Waals surface area contributed by atoms with Gasteiger partial charge in [0.15, 0.2) is 0 Å². The van der Waals surface area contributed by atoms with Gasteiger partial charge in [-0.1, -0.05) is 42.8 Å². The predicted octanol–water partition coefficient (Wildman–Crippen LogP) is 8.57. The fourth-order valence-corrected chi connectivity index (χ4v) is 5.51. The third-order valence-corrected chi connectivity index (χ3v) is 8.08. The van der Waals surface area contributed by atoms with Crippen molar-refractivity contribution in [3.8, 4) is 11.3 Å². The van der Waals surface area contributed by atoms with Gasteiger partial charge in [0.1, 0.15) is 17.0 Å². The number of likely N-dealkylation sites (tertiary alicyclic amines) is 1. The first kappa shape index (κ1) is 40.1. The van der Waals surface area contributed by atoms with Crippen LogP contribution in [0.15, 0.2) is 55.0 Å². The van der Waals surface area contributed by atoms with Crippen LogP contribution in [0.1, 0.15) is 90.7 Å². The number of anilines is 1. The van der Waals surface area contributed by atoms with E-state index >= 15 is 0 Å². The molecule has 12 heteroatoms. The lowest BCUT2D eigenvalue weighted by molar-refractivity contribution is 0.0212. The number of aromatic amines is 1. The van der Waals surface area contributed by atoms with Gasteiger partial charge in [-0.3, -0.25) is 4.90 Å². The molecule has 4 aromatic rings. The third kappa shape index (κ3) is 11.4. The summed E-state index contributed by atoms with van der Waals surface area (Å²) in [6.45, 7) is 18.6. The van der Waals surface area contributed by atoms with Gasteiger partial charge in [-0.2, -0.15) is 13.5 Å². The number of ether oxygens (including phenoxy) is 2. The maximum Gasteiger partial charge on any atom is 0.410 e. The number of likely N-dealkylation sites (N-methyl/N-ethyl adjacent to an activating group) is 1. The van der Waals surface area contributed by atoms with Crippen LogP contribution in [0.3, 0.4) is 0 Å². The Kier molecular flexibility index (Phi) is 13.7. The van der Waals surface area contributed by atoms with Crippen molar-refractivity contribution in [3.63, 3.8) is 0 Å². The van der Waals surface area contributed by atoms with Gasteiger partial charge >= 0.3 is 12.2 Å². The number of benzene rings is 2. The summed E-state index contributed by atoms with van der Waals surface area (Å²) in [7, 11) is 1.75. The maximum absolute atomic E-state index is 12.6. The number of H-pyrrole nitrogens is 1. The zero-order valence-electron chi connectivity index (χ0n) is 31.3. The van der Waals surface area contributed by atoms with Gasteiger partial charge in [0.05, 0.1) is 24.0 Å². The minimum Gasteiger partial charge on any atom is -0.444 e. The standard InChI is InChI=1S/C23H27N3O2.C15H26N4O2.H2S/c1-15-7-8-17-13-18(10-9-16(17)12-15)19-14-24-21(25-19)20-6-5-11-26(20)22(27)28-23(2,3)4;1-7-12(19(6)14(20)21-15(3,4)5)10-18-13-16-8-11(2)9-17-13;/h7-10,12-14,20H,5-6,11H2,1-4H3,(H,24,25);8-9,12H,7,10H2,1-6H3,(H,16,17,18);1H2/t20-;;/m0../s1. The molecule has 1 fully saturated rings. The van der Waals surface area contributed by atoms with Gasteiger partial charge in [0, 0.05) is 38.1 Å². The smallest absolute Gasteiger partial charge is 0.410 e. The molecule has 2 aromatic heterocycles. The van der Waals surface area contributed by atoms with Crippen LogP contribution in [-0.2, 0) is 9.47 Å². The first-order valence-corrected chi connectivity index (χ1v) is 17.1. The van der Waals surface area contributed by atoms with Gasteiger partial charge in [-0.05, 0) is 97.1 Å². The normalized spacial score (nSPS) is 15.0. The molecule has 11 nitrogen and oxygen atoms in total. The van der Waals surface area contributed by atoms with E-state index in [2.05, 4.69) is 68.6 Å². The molecule has 1 saturated heterocycles. The summed E-state index contributed by atoms with van der Waals surface area (Å²) in [6, 6.07) is 12.8. The molecule has 1 aliphatic rings. The van der Waals surface area contributed by atoms with Crippen LogP contribution in [0.4, 0.5) is 15.5 Å². The van der Waals surface area contributed by atoms with Crippen LogP contribution in [0.25, 0.3) is 22.0 Å². The van der Waals surface area contributed by atoms with Gasteiger partial charge < -0.3 is 24.7 Å². The summed E-state index contributed by atoms with van der Waals surface area (Å²) < 4.78 is 10.9. The number of rotatable bonds is 7. The Labute approximate surface area is 304 Å². The van der Waals surface area contributed by atoms with E-state index in [1.807, 2.05) is 61.6 Å². The van der Waals surface area contributed by atoms with Gasteiger partial charge in [0.25, 0.3) is 0 Å². The molecule has 5 rings (SSSR count). The van der Waals surface area contributed by atoms with Crippen molar-refractivity contribution >= 4 is 42.4 Å². The quantitative estimate of drug-likeness (QED) is 0.196. The second-order valence-electron chi connectivity index (χ2n) is 14.7. The fraction of sp³-hybridized carbons (Fsp3) is 0.500. The lowest BCUT2D eigenvalue weighted by atomic mass is 10.0. The average molecular weight is 706 g/mol. The van der Waals surface area contributed by atoms with Crippen molar-refractivity contribution in [1.29, 1.82) is 0 Å². The van der Waals surface area contributed by atoms with E-state index in [4.69, 9.17) is 9.47 Å². The molecule has 272 valence electrons. The zero-order chi connectivity index (χ0) is 35.9. The van der Waals surface area contributed by atoms with Crippen LogP contribution in [-0.4, -0.2) is 79.3 Å². The highest BCUT2D eigenvalue weighted by molar-refractivity contribution is 7.59. The second-order valence-corrected chi connectivity index (χ2v) is 14.7. The van der Waals surface area contributed by atoms with Gasteiger partial charge in [-0.25, -0.2) is 24.5 Å². The lowest BCUT2D eigenvalue weighted by Crippen LogP contribution is -2.43. The number of hydrogen-bond acceptors (Lipinski definition) is 8. The summed E-state index contributed by atoms with van der Waals surface area (Å²) in [5, 5.41) is 5.59. The van der Waals surface area contributed by atoms with E-state index in [1.165, 1.54) is 16.3 Å². The molecule has 0 spiro atoms. The molecule has 0 bridgehead atoms. The molecule has 0 aliphatic carbocycles. The number of aryl methyl sites for hydroxylation is 2. The van der Waals surface area contributed by atoms with Gasteiger partial charge in [0.2, 0.25) is 5.95 Å². The molecular weight excluding hydrogens is 651 g/mol.